The molecule has 0 radical (unpaired) electrons. The molecule has 2 aromatic carbocycles. The second-order valence-corrected chi connectivity index (χ2v) is 6.20. The van der Waals surface area contributed by atoms with Crippen LogP contribution in [0.15, 0.2) is 54.6 Å². The Hall–Kier alpha value is -3.55. The van der Waals surface area contributed by atoms with Crippen LogP contribution in [0.4, 0.5) is 9.59 Å². The molecule has 1 aliphatic rings. The van der Waals surface area contributed by atoms with E-state index in [1.807, 2.05) is 54.6 Å². The van der Waals surface area contributed by atoms with Gasteiger partial charge in [0.2, 0.25) is 0 Å². The number of nitrogens with zero attached hydrogens (tertiary/aromatic N) is 1. The highest BCUT2D eigenvalue weighted by Gasteiger charge is 2.33. The van der Waals surface area contributed by atoms with Gasteiger partial charge in [0.1, 0.15) is 5.75 Å². The summed E-state index contributed by atoms with van der Waals surface area (Å²) >= 11 is 0. The molecule has 2 N–H and O–H groups in total. The molecule has 1 atom stereocenters. The Morgan fingerprint density at radius 3 is 2.46 bits per heavy atom. The molecule has 8 heteroatoms. The van der Waals surface area contributed by atoms with E-state index in [1.54, 1.807) is 7.11 Å². The van der Waals surface area contributed by atoms with E-state index in [2.05, 4.69) is 10.6 Å². The topological polar surface area (TPSA) is 97.0 Å². The molecule has 2 aromatic rings. The van der Waals surface area contributed by atoms with Crippen LogP contribution in [0.2, 0.25) is 0 Å². The lowest BCUT2D eigenvalue weighted by molar-refractivity contribution is -0.126. The van der Waals surface area contributed by atoms with Crippen LogP contribution in [0.3, 0.4) is 0 Å². The van der Waals surface area contributed by atoms with Gasteiger partial charge in [-0.2, -0.15) is 0 Å². The fraction of sp³-hybridized carbons (Fsp3) is 0.250. The summed E-state index contributed by atoms with van der Waals surface area (Å²) in [5.41, 5.74) is 1.68. The van der Waals surface area contributed by atoms with Gasteiger partial charge in [0, 0.05) is 6.54 Å². The lowest BCUT2D eigenvalue weighted by Gasteiger charge is -2.23. The van der Waals surface area contributed by atoms with Gasteiger partial charge in [-0.15, -0.1) is 0 Å². The largest absolute Gasteiger partial charge is 0.497 e. The predicted octanol–water partition coefficient (Wildman–Crippen LogP) is 2.21. The maximum Gasteiger partial charge on any atom is 0.417 e. The highest BCUT2D eigenvalue weighted by molar-refractivity contribution is 5.97. The van der Waals surface area contributed by atoms with Crippen molar-refractivity contribution < 1.29 is 23.9 Å². The van der Waals surface area contributed by atoms with E-state index >= 15 is 0 Å². The summed E-state index contributed by atoms with van der Waals surface area (Å²) in [4.78, 5) is 37.0. The highest BCUT2D eigenvalue weighted by atomic mass is 16.6. The van der Waals surface area contributed by atoms with Crippen LogP contribution in [-0.4, -0.2) is 43.2 Å². The van der Waals surface area contributed by atoms with Gasteiger partial charge in [-0.25, -0.2) is 14.5 Å². The molecular formula is C20H21N3O5. The Balaban J connectivity index is 1.63. The van der Waals surface area contributed by atoms with Gasteiger partial charge in [0.05, 0.1) is 19.7 Å². The zero-order valence-corrected chi connectivity index (χ0v) is 15.4. The monoisotopic (exact) mass is 383 g/mol. The average Bonchev–Trinajstić information content (AvgIpc) is 3.04. The van der Waals surface area contributed by atoms with Crippen LogP contribution in [-0.2, 0) is 16.1 Å². The Kier molecular flexibility index (Phi) is 6.11. The standard InChI is InChI=1S/C20H21N3O5/c1-27-16-9-7-14(8-10-16)11-21-19(25)22-17(15-5-3-2-4-6-15)12-23-18(24)13-28-20(23)26/h2-10,17H,11-13H2,1H3,(H2,21,22,25). The summed E-state index contributed by atoms with van der Waals surface area (Å²) in [6.45, 7) is 0.0453. The van der Waals surface area contributed by atoms with Gasteiger partial charge >= 0.3 is 12.1 Å². The second kappa shape index (κ2) is 8.90. The molecule has 8 nitrogen and oxygen atoms in total. The molecule has 0 spiro atoms. The normalized spacial score (nSPS) is 14.4. The number of ether oxygens (including phenoxy) is 2. The number of hydrogen-bond acceptors (Lipinski definition) is 5. The number of carbonyl (C=O) groups is 3. The quantitative estimate of drug-likeness (QED) is 0.764. The van der Waals surface area contributed by atoms with E-state index in [1.165, 1.54) is 0 Å². The lowest BCUT2D eigenvalue weighted by Crippen LogP contribution is -2.43. The minimum absolute atomic E-state index is 0.00235. The molecule has 1 aliphatic heterocycles. The number of cyclic esters (lactones) is 1. The van der Waals surface area contributed by atoms with Gasteiger partial charge in [-0.1, -0.05) is 42.5 Å². The number of methoxy groups -OCH3 is 1. The molecular weight excluding hydrogens is 362 g/mol. The third kappa shape index (κ3) is 4.79. The minimum atomic E-state index is -0.702. The highest BCUT2D eigenvalue weighted by Crippen LogP contribution is 2.17. The first-order chi connectivity index (χ1) is 13.6. The molecule has 1 unspecified atom stereocenters. The Morgan fingerprint density at radius 1 is 1.14 bits per heavy atom. The van der Waals surface area contributed by atoms with Gasteiger partial charge in [0.15, 0.2) is 6.61 Å². The van der Waals surface area contributed by atoms with Crippen molar-refractivity contribution in [3.05, 3.63) is 65.7 Å². The molecule has 0 bridgehead atoms. The molecule has 4 amide bonds. The van der Waals surface area contributed by atoms with Crippen LogP contribution in [0.25, 0.3) is 0 Å². The maximum absolute atomic E-state index is 12.4. The first-order valence-electron chi connectivity index (χ1n) is 8.76. The first-order valence-corrected chi connectivity index (χ1v) is 8.76. The number of benzene rings is 2. The zero-order valence-electron chi connectivity index (χ0n) is 15.4. The summed E-state index contributed by atoms with van der Waals surface area (Å²) < 4.78 is 9.85. The average molecular weight is 383 g/mol. The van der Waals surface area contributed by atoms with E-state index in [9.17, 15) is 14.4 Å². The number of imide groups is 1. The molecule has 146 valence electrons. The van der Waals surface area contributed by atoms with Crippen molar-refractivity contribution in [1.82, 2.24) is 15.5 Å². The summed E-state index contributed by atoms with van der Waals surface area (Å²) in [7, 11) is 1.59. The summed E-state index contributed by atoms with van der Waals surface area (Å²) in [5.74, 6) is 0.311. The Bertz CT molecular complexity index is 823. The molecule has 0 aromatic heterocycles. The van der Waals surface area contributed by atoms with Gasteiger partial charge in [-0.3, -0.25) is 4.79 Å². The summed E-state index contributed by atoms with van der Waals surface area (Å²) in [6, 6.07) is 15.5. The second-order valence-electron chi connectivity index (χ2n) is 6.20. The van der Waals surface area contributed by atoms with E-state index in [-0.39, 0.29) is 13.2 Å². The number of rotatable bonds is 7. The van der Waals surface area contributed by atoms with Crippen molar-refractivity contribution in [2.24, 2.45) is 0 Å². The summed E-state index contributed by atoms with van der Waals surface area (Å²) in [5, 5.41) is 5.59. The number of hydrogen-bond donors (Lipinski definition) is 2. The van der Waals surface area contributed by atoms with Crippen LogP contribution < -0.4 is 15.4 Å². The molecule has 1 fully saturated rings. The van der Waals surface area contributed by atoms with E-state index in [0.717, 1.165) is 21.8 Å². The SMILES string of the molecule is COc1ccc(CNC(=O)NC(CN2C(=O)COC2=O)c2ccccc2)cc1. The predicted molar refractivity (Wildman–Crippen MR) is 101 cm³/mol. The zero-order chi connectivity index (χ0) is 19.9. The lowest BCUT2D eigenvalue weighted by atomic mass is 10.1. The van der Waals surface area contributed by atoms with Crippen molar-refractivity contribution in [2.45, 2.75) is 12.6 Å². The Morgan fingerprint density at radius 2 is 1.86 bits per heavy atom. The maximum atomic E-state index is 12.4. The van der Waals surface area contributed by atoms with Crippen LogP contribution in [0.1, 0.15) is 17.2 Å². The number of nitrogens with one attached hydrogen (secondary N) is 2. The van der Waals surface area contributed by atoms with E-state index < -0.39 is 24.1 Å². The van der Waals surface area contributed by atoms with Crippen LogP contribution >= 0.6 is 0 Å². The minimum Gasteiger partial charge on any atom is -0.497 e. The molecule has 1 heterocycles. The van der Waals surface area contributed by atoms with Crippen molar-refractivity contribution in [2.75, 3.05) is 20.3 Å². The molecule has 0 saturated carbocycles. The van der Waals surface area contributed by atoms with Gasteiger partial charge in [-0.05, 0) is 23.3 Å². The van der Waals surface area contributed by atoms with Crippen molar-refractivity contribution in [3.63, 3.8) is 0 Å². The Labute approximate surface area is 162 Å². The third-order valence-electron chi connectivity index (χ3n) is 4.33. The fourth-order valence-corrected chi connectivity index (χ4v) is 2.79. The number of amides is 4. The van der Waals surface area contributed by atoms with Gasteiger partial charge < -0.3 is 20.1 Å². The molecule has 0 aliphatic carbocycles. The van der Waals surface area contributed by atoms with Crippen LogP contribution in [0.5, 0.6) is 5.75 Å². The van der Waals surface area contributed by atoms with E-state index in [4.69, 9.17) is 9.47 Å². The van der Waals surface area contributed by atoms with Crippen molar-refractivity contribution >= 4 is 18.0 Å². The summed E-state index contributed by atoms with van der Waals surface area (Å²) in [6.07, 6.45) is -0.702. The van der Waals surface area contributed by atoms with Gasteiger partial charge in [0.25, 0.3) is 5.91 Å². The molecule has 3 rings (SSSR count). The van der Waals surface area contributed by atoms with E-state index in [0.29, 0.717) is 6.54 Å². The van der Waals surface area contributed by atoms with Crippen molar-refractivity contribution in [1.29, 1.82) is 0 Å². The van der Waals surface area contributed by atoms with Crippen LogP contribution in [0, 0.1) is 0 Å². The third-order valence-corrected chi connectivity index (χ3v) is 4.33. The fourth-order valence-electron chi connectivity index (χ4n) is 2.79. The molecule has 28 heavy (non-hydrogen) atoms. The number of carbonyl (C=O) groups excluding carboxylic acids is 3. The molecule has 1 saturated heterocycles. The van der Waals surface area contributed by atoms with Crippen molar-refractivity contribution in [3.8, 4) is 5.75 Å². The number of urea groups is 1. The first kappa shape index (κ1) is 19.2. The smallest absolute Gasteiger partial charge is 0.417 e.